The number of alkyl halides is 3. The van der Waals surface area contributed by atoms with Crippen LogP contribution in [0.2, 0.25) is 0 Å². The van der Waals surface area contributed by atoms with Crippen molar-refractivity contribution in [2.24, 2.45) is 0 Å². The summed E-state index contributed by atoms with van der Waals surface area (Å²) in [4.78, 5) is 16.3. The highest BCUT2D eigenvalue weighted by Gasteiger charge is 2.31. The maximum absolute atomic E-state index is 12.8. The van der Waals surface area contributed by atoms with Crippen molar-refractivity contribution in [2.75, 3.05) is 0 Å². The van der Waals surface area contributed by atoms with E-state index < -0.39 is 23.2 Å². The van der Waals surface area contributed by atoms with Crippen molar-refractivity contribution >= 4 is 5.91 Å². The largest absolute Gasteiger partial charge is 0.438 e. The molecule has 0 radical (unpaired) electrons. The quantitative estimate of drug-likeness (QED) is 0.849. The first-order valence-electron chi connectivity index (χ1n) is 7.23. The number of nitrogens with zero attached hydrogens (tertiary/aromatic N) is 1. The van der Waals surface area contributed by atoms with Gasteiger partial charge in [0, 0.05) is 6.20 Å². The van der Waals surface area contributed by atoms with Gasteiger partial charge in [-0.05, 0) is 44.2 Å². The normalized spacial score (nSPS) is 11.5. The number of ether oxygens (including phenoxy) is 1. The van der Waals surface area contributed by atoms with Crippen LogP contribution in [0.1, 0.15) is 29.8 Å². The van der Waals surface area contributed by atoms with E-state index in [1.165, 1.54) is 30.5 Å². The Hall–Kier alpha value is -3.01. The van der Waals surface area contributed by atoms with E-state index in [0.717, 1.165) is 12.1 Å². The lowest BCUT2D eigenvalue weighted by Gasteiger charge is -2.20. The summed E-state index contributed by atoms with van der Waals surface area (Å²) in [5, 5.41) is 2.61. The number of benzene rings is 1. The Morgan fingerprint density at radius 2 is 1.96 bits per heavy atom. The summed E-state index contributed by atoms with van der Waals surface area (Å²) in [6, 6.07) is 7.27. The molecule has 2 aromatic rings. The Kier molecular flexibility index (Phi) is 5.02. The number of hydrogen-bond donors (Lipinski definition) is 1. The molecule has 4 nitrogen and oxygen atoms in total. The van der Waals surface area contributed by atoms with Crippen LogP contribution in [0, 0.1) is 12.3 Å². The molecule has 25 heavy (non-hydrogen) atoms. The van der Waals surface area contributed by atoms with E-state index in [2.05, 4.69) is 16.2 Å². The fraction of sp³-hybridized carbons (Fsp3) is 0.222. The molecule has 7 heteroatoms. The second kappa shape index (κ2) is 6.85. The van der Waals surface area contributed by atoms with E-state index in [0.29, 0.717) is 0 Å². The highest BCUT2D eigenvalue weighted by atomic mass is 19.4. The second-order valence-electron chi connectivity index (χ2n) is 5.71. The first-order valence-corrected chi connectivity index (χ1v) is 7.23. The van der Waals surface area contributed by atoms with Gasteiger partial charge in [0.2, 0.25) is 5.88 Å². The molecule has 0 fully saturated rings. The average Bonchev–Trinajstić information content (AvgIpc) is 2.54. The van der Waals surface area contributed by atoms with Gasteiger partial charge in [0.25, 0.3) is 5.91 Å². The molecule has 1 amide bonds. The van der Waals surface area contributed by atoms with Gasteiger partial charge in [-0.25, -0.2) is 4.98 Å². The van der Waals surface area contributed by atoms with Crippen molar-refractivity contribution in [1.82, 2.24) is 10.3 Å². The molecule has 0 aliphatic heterocycles. The van der Waals surface area contributed by atoms with Gasteiger partial charge in [-0.3, -0.25) is 4.79 Å². The van der Waals surface area contributed by atoms with Crippen molar-refractivity contribution in [3.63, 3.8) is 0 Å². The zero-order valence-electron chi connectivity index (χ0n) is 13.5. The molecule has 0 unspecified atom stereocenters. The van der Waals surface area contributed by atoms with Gasteiger partial charge in [-0.15, -0.1) is 6.42 Å². The Morgan fingerprint density at radius 3 is 2.60 bits per heavy atom. The number of carbonyl (C=O) groups excluding carboxylic acids is 1. The standard InChI is InChI=1S/C18H15F3N2O2/c1-4-17(2,3)23-15(24)14-9-6-10-22-16(14)25-13-8-5-7-12(11-13)18(19,20)21/h1,5-11H,2-3H3,(H,23,24). The number of nitrogens with one attached hydrogen (secondary N) is 1. The van der Waals surface area contributed by atoms with Crippen LogP contribution in [-0.2, 0) is 6.18 Å². The SMILES string of the molecule is C#CC(C)(C)NC(=O)c1cccnc1Oc1cccc(C(F)(F)F)c1. The number of amides is 1. The van der Waals surface area contributed by atoms with Gasteiger partial charge < -0.3 is 10.1 Å². The number of hydrogen-bond acceptors (Lipinski definition) is 3. The van der Waals surface area contributed by atoms with Gasteiger partial charge in [0.15, 0.2) is 0 Å². The zero-order valence-corrected chi connectivity index (χ0v) is 13.5. The van der Waals surface area contributed by atoms with Crippen molar-refractivity contribution in [2.45, 2.75) is 25.6 Å². The van der Waals surface area contributed by atoms with Crippen LogP contribution in [0.15, 0.2) is 42.6 Å². The van der Waals surface area contributed by atoms with Crippen LogP contribution in [0.5, 0.6) is 11.6 Å². The molecule has 1 aromatic heterocycles. The van der Waals surface area contributed by atoms with Crippen LogP contribution < -0.4 is 10.1 Å². The highest BCUT2D eigenvalue weighted by molar-refractivity contribution is 5.97. The summed E-state index contributed by atoms with van der Waals surface area (Å²) >= 11 is 0. The molecule has 1 N–H and O–H groups in total. The minimum Gasteiger partial charge on any atom is -0.438 e. The molecule has 130 valence electrons. The Morgan fingerprint density at radius 1 is 1.24 bits per heavy atom. The molecule has 1 heterocycles. The molecule has 0 saturated carbocycles. The van der Waals surface area contributed by atoms with E-state index in [-0.39, 0.29) is 17.2 Å². The molecular formula is C18H15F3N2O2. The van der Waals surface area contributed by atoms with Gasteiger partial charge >= 0.3 is 6.18 Å². The van der Waals surface area contributed by atoms with E-state index in [1.807, 2.05) is 0 Å². The van der Waals surface area contributed by atoms with Gasteiger partial charge in [0.05, 0.1) is 11.1 Å². The van der Waals surface area contributed by atoms with Crippen molar-refractivity contribution < 1.29 is 22.7 Å². The minimum absolute atomic E-state index is 0.0586. The number of halogens is 3. The molecule has 0 saturated heterocycles. The lowest BCUT2D eigenvalue weighted by atomic mass is 10.1. The predicted molar refractivity (Wildman–Crippen MR) is 86.1 cm³/mol. The third-order valence-electron chi connectivity index (χ3n) is 3.18. The van der Waals surface area contributed by atoms with Crippen LogP contribution in [-0.4, -0.2) is 16.4 Å². The van der Waals surface area contributed by atoms with Crippen LogP contribution in [0.4, 0.5) is 13.2 Å². The summed E-state index contributed by atoms with van der Waals surface area (Å²) in [6.07, 6.45) is 2.20. The number of pyridine rings is 1. The monoisotopic (exact) mass is 348 g/mol. The maximum atomic E-state index is 12.8. The van der Waals surface area contributed by atoms with E-state index in [4.69, 9.17) is 11.2 Å². The highest BCUT2D eigenvalue weighted by Crippen LogP contribution is 2.32. The van der Waals surface area contributed by atoms with Gasteiger partial charge in [-0.2, -0.15) is 13.2 Å². The molecule has 0 aliphatic carbocycles. The molecule has 0 spiro atoms. The Labute approximate surface area is 143 Å². The van der Waals surface area contributed by atoms with E-state index in [1.54, 1.807) is 13.8 Å². The summed E-state index contributed by atoms with van der Waals surface area (Å²) in [5.41, 5.74) is -1.70. The molecular weight excluding hydrogens is 333 g/mol. The summed E-state index contributed by atoms with van der Waals surface area (Å²) in [5.74, 6) is 1.67. The first kappa shape index (κ1) is 18.3. The molecule has 0 aliphatic rings. The zero-order chi connectivity index (χ0) is 18.7. The average molecular weight is 348 g/mol. The summed E-state index contributed by atoms with van der Waals surface area (Å²) < 4.78 is 43.7. The first-order chi connectivity index (χ1) is 11.6. The summed E-state index contributed by atoms with van der Waals surface area (Å²) in [6.45, 7) is 3.27. The van der Waals surface area contributed by atoms with Crippen molar-refractivity contribution in [3.05, 3.63) is 53.7 Å². The topological polar surface area (TPSA) is 51.2 Å². The second-order valence-corrected chi connectivity index (χ2v) is 5.71. The molecule has 0 bridgehead atoms. The maximum Gasteiger partial charge on any atom is 0.416 e. The fourth-order valence-electron chi connectivity index (χ4n) is 1.88. The Balaban J connectivity index is 2.30. The summed E-state index contributed by atoms with van der Waals surface area (Å²) in [7, 11) is 0. The molecule has 1 aromatic carbocycles. The van der Waals surface area contributed by atoms with Gasteiger partial charge in [-0.1, -0.05) is 12.0 Å². The number of aromatic nitrogens is 1. The minimum atomic E-state index is -4.50. The predicted octanol–water partition coefficient (Wildman–Crippen LogP) is 4.03. The lowest BCUT2D eigenvalue weighted by molar-refractivity contribution is -0.137. The van der Waals surface area contributed by atoms with Gasteiger partial charge in [0.1, 0.15) is 11.3 Å². The number of carbonyl (C=O) groups is 1. The third kappa shape index (κ3) is 4.73. The van der Waals surface area contributed by atoms with Crippen molar-refractivity contribution in [3.8, 4) is 24.0 Å². The van der Waals surface area contributed by atoms with Crippen LogP contribution >= 0.6 is 0 Å². The number of rotatable bonds is 4. The van der Waals surface area contributed by atoms with E-state index >= 15 is 0 Å². The number of terminal acetylenes is 1. The van der Waals surface area contributed by atoms with E-state index in [9.17, 15) is 18.0 Å². The molecule has 2 rings (SSSR count). The van der Waals surface area contributed by atoms with Crippen molar-refractivity contribution in [1.29, 1.82) is 0 Å². The third-order valence-corrected chi connectivity index (χ3v) is 3.18. The van der Waals surface area contributed by atoms with Crippen LogP contribution in [0.25, 0.3) is 0 Å². The smallest absolute Gasteiger partial charge is 0.416 e. The Bertz CT molecular complexity index is 824. The molecule has 0 atom stereocenters. The lowest BCUT2D eigenvalue weighted by Crippen LogP contribution is -2.42. The fourth-order valence-corrected chi connectivity index (χ4v) is 1.88. The van der Waals surface area contributed by atoms with Crippen LogP contribution in [0.3, 0.4) is 0 Å².